The van der Waals surface area contributed by atoms with Gasteiger partial charge in [0.25, 0.3) is 11.8 Å². The normalized spacial score (nSPS) is 18.3. The zero-order valence-electron chi connectivity index (χ0n) is 16.7. The van der Waals surface area contributed by atoms with Crippen LogP contribution in [0.15, 0.2) is 18.5 Å². The number of aromatic nitrogens is 2. The van der Waals surface area contributed by atoms with Crippen molar-refractivity contribution in [2.24, 2.45) is 5.92 Å². The highest BCUT2D eigenvalue weighted by Gasteiger charge is 2.44. The molecule has 0 atom stereocenters. The van der Waals surface area contributed by atoms with E-state index in [1.54, 1.807) is 12.3 Å². The summed E-state index contributed by atoms with van der Waals surface area (Å²) in [4.78, 5) is 24.2. The van der Waals surface area contributed by atoms with Crippen LogP contribution in [0.25, 0.3) is 0 Å². The minimum Gasteiger partial charge on any atom is -0.491 e. The predicted octanol–water partition coefficient (Wildman–Crippen LogP) is 3.76. The quantitative estimate of drug-likeness (QED) is 0.736. The summed E-state index contributed by atoms with van der Waals surface area (Å²) in [5.74, 6) is -2.25. The van der Waals surface area contributed by atoms with Gasteiger partial charge in [-0.3, -0.25) is 4.79 Å². The molecule has 29 heavy (non-hydrogen) atoms. The third-order valence-corrected chi connectivity index (χ3v) is 6.25. The van der Waals surface area contributed by atoms with Crippen LogP contribution in [0.5, 0.6) is 5.75 Å². The molecule has 0 bridgehead atoms. The maximum Gasteiger partial charge on any atom is 0.282 e. The number of nitrogens with one attached hydrogen (secondary N) is 1. The highest BCUT2D eigenvalue weighted by atomic mass is 32.1. The molecule has 1 aliphatic carbocycles. The van der Waals surface area contributed by atoms with Gasteiger partial charge < -0.3 is 15.0 Å². The average Bonchev–Trinajstić information content (AvgIpc) is 3.35. The Morgan fingerprint density at radius 3 is 2.66 bits per heavy atom. The third kappa shape index (κ3) is 4.49. The van der Waals surface area contributed by atoms with Gasteiger partial charge in [0.1, 0.15) is 5.01 Å². The molecule has 0 unspecified atom stereocenters. The fourth-order valence-electron chi connectivity index (χ4n) is 3.11. The van der Waals surface area contributed by atoms with Gasteiger partial charge >= 0.3 is 0 Å². The summed E-state index contributed by atoms with van der Waals surface area (Å²) < 4.78 is 32.3. The van der Waals surface area contributed by atoms with E-state index < -0.39 is 11.5 Å². The Balaban J connectivity index is 1.54. The zero-order chi connectivity index (χ0) is 20.8. The van der Waals surface area contributed by atoms with Crippen LogP contribution in [0.3, 0.4) is 0 Å². The van der Waals surface area contributed by atoms with Crippen LogP contribution in [-0.2, 0) is 5.54 Å². The number of anilines is 1. The number of nitrogens with zero attached hydrogens (tertiary/aromatic N) is 3. The summed E-state index contributed by atoms with van der Waals surface area (Å²) in [5.41, 5.74) is 0.0139. The molecular weight excluding hydrogens is 398 g/mol. The Labute approximate surface area is 172 Å². The van der Waals surface area contributed by atoms with E-state index in [0.29, 0.717) is 24.0 Å². The maximum absolute atomic E-state index is 13.2. The average molecular weight is 423 g/mol. The Kier molecular flexibility index (Phi) is 4.96. The van der Waals surface area contributed by atoms with Crippen molar-refractivity contribution in [3.05, 3.63) is 34.0 Å². The Bertz CT molecular complexity index is 919. The van der Waals surface area contributed by atoms with Gasteiger partial charge in [-0.15, -0.1) is 11.3 Å². The lowest BCUT2D eigenvalue weighted by Crippen LogP contribution is -2.56. The van der Waals surface area contributed by atoms with Crippen LogP contribution in [0, 0.1) is 12.8 Å². The van der Waals surface area contributed by atoms with Crippen LogP contribution in [0.1, 0.15) is 47.1 Å². The number of aryl methyl sites for hydroxylation is 1. The molecule has 4 rings (SSSR count). The van der Waals surface area contributed by atoms with Crippen molar-refractivity contribution in [1.82, 2.24) is 15.3 Å². The van der Waals surface area contributed by atoms with E-state index in [0.717, 1.165) is 22.7 Å². The smallest absolute Gasteiger partial charge is 0.282 e. The van der Waals surface area contributed by atoms with Gasteiger partial charge in [-0.2, -0.15) is 0 Å². The minimum atomic E-state index is -2.68. The number of hydrogen-bond acceptors (Lipinski definition) is 6. The minimum absolute atomic E-state index is 0.156. The molecule has 2 aliphatic rings. The van der Waals surface area contributed by atoms with Crippen LogP contribution in [-0.4, -0.2) is 41.5 Å². The van der Waals surface area contributed by atoms with Gasteiger partial charge in [-0.1, -0.05) is 0 Å². The van der Waals surface area contributed by atoms with Crippen LogP contribution in [0.4, 0.5) is 14.5 Å². The highest BCUT2D eigenvalue weighted by Crippen LogP contribution is 2.35. The molecule has 1 aliphatic heterocycles. The lowest BCUT2D eigenvalue weighted by atomic mass is 10.1. The van der Waals surface area contributed by atoms with E-state index >= 15 is 0 Å². The summed E-state index contributed by atoms with van der Waals surface area (Å²) in [7, 11) is 0. The molecule has 0 radical (unpaired) electrons. The zero-order valence-corrected chi connectivity index (χ0v) is 17.5. The molecule has 6 nitrogen and oxygen atoms in total. The van der Waals surface area contributed by atoms with Gasteiger partial charge in [0.15, 0.2) is 11.4 Å². The van der Waals surface area contributed by atoms with E-state index in [1.807, 2.05) is 20.8 Å². The van der Waals surface area contributed by atoms with Crippen molar-refractivity contribution in [3.63, 3.8) is 0 Å². The lowest BCUT2D eigenvalue weighted by molar-refractivity contribution is -0.0263. The molecule has 2 aromatic heterocycles. The Morgan fingerprint density at radius 1 is 1.34 bits per heavy atom. The number of thiazole rings is 1. The molecule has 2 aromatic rings. The van der Waals surface area contributed by atoms with E-state index in [4.69, 9.17) is 4.74 Å². The molecule has 156 valence electrons. The summed E-state index contributed by atoms with van der Waals surface area (Å²) in [6, 6.07) is 1.64. The van der Waals surface area contributed by atoms with E-state index in [1.165, 1.54) is 22.4 Å². The molecule has 0 spiro atoms. The number of carbonyl (C=O) groups excluding carboxylic acids is 1. The molecule has 2 fully saturated rings. The second-order valence-corrected chi connectivity index (χ2v) is 9.60. The first-order chi connectivity index (χ1) is 13.6. The molecule has 3 heterocycles. The number of halogens is 2. The largest absolute Gasteiger partial charge is 0.491 e. The van der Waals surface area contributed by atoms with Crippen LogP contribution in [0.2, 0.25) is 0 Å². The van der Waals surface area contributed by atoms with Crippen molar-refractivity contribution in [1.29, 1.82) is 0 Å². The fraction of sp³-hybridized carbons (Fsp3) is 0.550. The summed E-state index contributed by atoms with van der Waals surface area (Å²) >= 11 is 1.52. The van der Waals surface area contributed by atoms with E-state index in [9.17, 15) is 13.6 Å². The molecule has 1 saturated heterocycles. The van der Waals surface area contributed by atoms with Gasteiger partial charge in [0.2, 0.25) is 0 Å². The predicted molar refractivity (Wildman–Crippen MR) is 107 cm³/mol. The van der Waals surface area contributed by atoms with Crippen molar-refractivity contribution in [2.45, 2.75) is 45.1 Å². The number of carbonyl (C=O) groups is 1. The Morgan fingerprint density at radius 2 is 2.07 bits per heavy atom. The molecule has 9 heteroatoms. The first-order valence-corrected chi connectivity index (χ1v) is 10.5. The number of rotatable bonds is 7. The molecule has 0 aromatic carbocycles. The number of alkyl halides is 2. The first kappa shape index (κ1) is 20.0. The van der Waals surface area contributed by atoms with Crippen molar-refractivity contribution >= 4 is 22.9 Å². The second kappa shape index (κ2) is 7.19. The van der Waals surface area contributed by atoms with Gasteiger partial charge in [-0.05, 0) is 39.5 Å². The molecule has 1 saturated carbocycles. The summed E-state index contributed by atoms with van der Waals surface area (Å²) in [6.07, 6.45) is 5.43. The maximum atomic E-state index is 13.2. The molecular formula is C20H24F2N4O2S. The summed E-state index contributed by atoms with van der Waals surface area (Å²) in [6.45, 7) is 5.52. The van der Waals surface area contributed by atoms with Crippen molar-refractivity contribution in [3.8, 4) is 5.75 Å². The Hall–Kier alpha value is -2.29. The second-order valence-electron chi connectivity index (χ2n) is 8.36. The van der Waals surface area contributed by atoms with Gasteiger partial charge in [0, 0.05) is 17.1 Å². The summed E-state index contributed by atoms with van der Waals surface area (Å²) in [5, 5.41) is 3.76. The standard InChI is InChI=1S/C20H24F2N4O2S/c1-12-7-24-18(29-12)19(2,3)25-17(27)16-15(28-9-13-4-5-13)6-14(8-23-16)26-10-20(21,22)11-26/h6-8,13H,4-5,9-11H2,1-3H3,(H,25,27). The monoisotopic (exact) mass is 422 g/mol. The van der Waals surface area contributed by atoms with Gasteiger partial charge in [0.05, 0.1) is 37.1 Å². The van der Waals surface area contributed by atoms with E-state index in [2.05, 4.69) is 15.3 Å². The number of amides is 1. The number of ether oxygens (including phenoxy) is 1. The van der Waals surface area contributed by atoms with Gasteiger partial charge in [-0.25, -0.2) is 18.7 Å². The topological polar surface area (TPSA) is 67.4 Å². The first-order valence-electron chi connectivity index (χ1n) is 9.64. The molecule has 1 N–H and O–H groups in total. The number of hydrogen-bond donors (Lipinski definition) is 1. The van der Waals surface area contributed by atoms with E-state index in [-0.39, 0.29) is 24.7 Å². The lowest BCUT2D eigenvalue weighted by Gasteiger charge is -2.40. The van der Waals surface area contributed by atoms with Crippen molar-refractivity contribution in [2.75, 3.05) is 24.6 Å². The highest BCUT2D eigenvalue weighted by molar-refractivity contribution is 7.11. The SMILES string of the molecule is Cc1cnc(C(C)(C)NC(=O)c2ncc(N3CC(F)(F)C3)cc2OCC2CC2)s1. The van der Waals surface area contributed by atoms with Crippen LogP contribution < -0.4 is 15.0 Å². The third-order valence-electron chi connectivity index (χ3n) is 5.02. The fourth-order valence-corrected chi connectivity index (χ4v) is 3.94. The molecule has 1 amide bonds. The van der Waals surface area contributed by atoms with Crippen LogP contribution >= 0.6 is 11.3 Å². The van der Waals surface area contributed by atoms with Crippen molar-refractivity contribution < 1.29 is 18.3 Å². The number of pyridine rings is 1.